The molecule has 0 radical (unpaired) electrons. The second kappa shape index (κ2) is 16.2. The number of ether oxygens (including phenoxy) is 1. The van der Waals surface area contributed by atoms with Gasteiger partial charge in [-0.3, -0.25) is 19.1 Å². The van der Waals surface area contributed by atoms with Crippen LogP contribution in [-0.4, -0.2) is 68.2 Å². The second-order valence-electron chi connectivity index (χ2n) is 13.1. The molecule has 3 aromatic carbocycles. The Morgan fingerprint density at radius 1 is 1.06 bits per heavy atom. The average molecular weight is 705 g/mol. The molecule has 270 valence electrons. The number of aromatic amines is 1. The van der Waals surface area contributed by atoms with Gasteiger partial charge in [-0.25, -0.2) is 0 Å². The Morgan fingerprint density at radius 3 is 2.63 bits per heavy atom. The number of nitrogens with zero attached hydrogens (tertiary/aromatic N) is 4. The number of unbranched alkanes of at least 4 members (excludes halogenated alkanes) is 1. The first kappa shape index (κ1) is 36.2. The van der Waals surface area contributed by atoms with Crippen LogP contribution in [0.1, 0.15) is 60.9 Å². The van der Waals surface area contributed by atoms with Crippen molar-refractivity contribution in [2.24, 2.45) is 5.92 Å². The van der Waals surface area contributed by atoms with E-state index in [9.17, 15) is 24.6 Å². The quantitative estimate of drug-likeness (QED) is 0.0617. The molecule has 5 aromatic rings. The standard InChI is InChI=1S/C40H44N6O6/c1-27(12-8-10-20-45-25-35(43-44-45)32(26-47)28-13-4-3-5-14-28)40(51)33-23-30(42-37(48)22-29-24-41-34-16-7-6-15-31(29)34)18-19-36(33)46(39(40)50)21-11-9-17-38(49)52-2/h3-8,12-16,18-19,23-25,27,32,41,47,51H,9-11,17,20-22,26H2,1-2H3,(H,42,48)/b12-8+/t27-,32?,40+/m0/s1. The number of H-pyrrole nitrogens is 1. The Morgan fingerprint density at radius 2 is 1.85 bits per heavy atom. The number of aliphatic hydroxyl groups excluding tert-OH is 1. The molecule has 3 atom stereocenters. The molecule has 4 N–H and O–H groups in total. The van der Waals surface area contributed by atoms with Gasteiger partial charge in [0.25, 0.3) is 5.91 Å². The number of aryl methyl sites for hydroxylation is 1. The lowest BCUT2D eigenvalue weighted by molar-refractivity contribution is -0.140. The molecule has 2 aromatic heterocycles. The van der Waals surface area contributed by atoms with Gasteiger partial charge in [0, 0.05) is 60.0 Å². The molecule has 1 unspecified atom stereocenters. The normalized spacial score (nSPS) is 16.7. The number of methoxy groups -OCH3 is 1. The van der Waals surface area contributed by atoms with Crippen LogP contribution in [0.4, 0.5) is 11.4 Å². The molecule has 3 heterocycles. The molecule has 0 aliphatic carbocycles. The highest BCUT2D eigenvalue weighted by Gasteiger charge is 2.52. The number of hydrogen-bond acceptors (Lipinski definition) is 8. The van der Waals surface area contributed by atoms with Gasteiger partial charge in [-0.1, -0.05) is 72.8 Å². The van der Waals surface area contributed by atoms with Crippen molar-refractivity contribution in [3.63, 3.8) is 0 Å². The molecule has 6 rings (SSSR count). The zero-order chi connectivity index (χ0) is 36.7. The fraction of sp³-hybridized carbons (Fsp3) is 0.325. The van der Waals surface area contributed by atoms with E-state index in [2.05, 4.69) is 20.6 Å². The van der Waals surface area contributed by atoms with E-state index in [1.54, 1.807) is 34.7 Å². The number of hydrogen-bond donors (Lipinski definition) is 4. The molecule has 12 heteroatoms. The number of fused-ring (bicyclic) bond motifs is 2. The van der Waals surface area contributed by atoms with Gasteiger partial charge in [-0.05, 0) is 54.7 Å². The highest BCUT2D eigenvalue weighted by Crippen LogP contribution is 2.46. The third kappa shape index (κ3) is 7.68. The number of nitrogens with one attached hydrogen (secondary N) is 2. The van der Waals surface area contributed by atoms with Gasteiger partial charge < -0.3 is 30.2 Å². The van der Waals surface area contributed by atoms with Crippen molar-refractivity contribution in [1.82, 2.24) is 20.0 Å². The lowest BCUT2D eigenvalue weighted by Gasteiger charge is -2.28. The number of esters is 1. The lowest BCUT2D eigenvalue weighted by Crippen LogP contribution is -2.44. The van der Waals surface area contributed by atoms with E-state index in [0.29, 0.717) is 55.0 Å². The number of aromatic nitrogens is 4. The van der Waals surface area contributed by atoms with E-state index in [0.717, 1.165) is 22.0 Å². The van der Waals surface area contributed by atoms with Gasteiger partial charge in [0.2, 0.25) is 5.91 Å². The minimum absolute atomic E-state index is 0.0913. The molecular weight excluding hydrogens is 660 g/mol. The van der Waals surface area contributed by atoms with Crippen LogP contribution in [0.25, 0.3) is 10.9 Å². The summed E-state index contributed by atoms with van der Waals surface area (Å²) >= 11 is 0. The van der Waals surface area contributed by atoms with Crippen LogP contribution in [-0.2, 0) is 37.7 Å². The number of amides is 2. The predicted octanol–water partition coefficient (Wildman–Crippen LogP) is 5.22. The van der Waals surface area contributed by atoms with Crippen molar-refractivity contribution in [2.45, 2.75) is 57.1 Å². The van der Waals surface area contributed by atoms with Gasteiger partial charge in [-0.2, -0.15) is 0 Å². The summed E-state index contributed by atoms with van der Waals surface area (Å²) in [7, 11) is 1.34. The fourth-order valence-corrected chi connectivity index (χ4v) is 6.83. The second-order valence-corrected chi connectivity index (χ2v) is 13.1. The molecule has 0 saturated carbocycles. The smallest absolute Gasteiger partial charge is 0.305 e. The van der Waals surface area contributed by atoms with Crippen LogP contribution < -0.4 is 10.2 Å². The Bertz CT molecular complexity index is 2060. The van der Waals surface area contributed by atoms with Gasteiger partial charge in [-0.15, -0.1) is 5.10 Å². The molecule has 1 aliphatic heterocycles. The first-order valence-electron chi connectivity index (χ1n) is 17.6. The van der Waals surface area contributed by atoms with Crippen molar-refractivity contribution < 1.29 is 29.3 Å². The van der Waals surface area contributed by atoms with Crippen molar-refractivity contribution in [1.29, 1.82) is 0 Å². The van der Waals surface area contributed by atoms with Crippen molar-refractivity contribution in [3.8, 4) is 0 Å². The molecule has 2 amide bonds. The number of anilines is 2. The largest absolute Gasteiger partial charge is 0.469 e. The molecule has 0 fully saturated rings. The van der Waals surface area contributed by atoms with Crippen molar-refractivity contribution in [3.05, 3.63) is 120 Å². The summed E-state index contributed by atoms with van der Waals surface area (Å²) in [6, 6.07) is 22.6. The number of aliphatic hydroxyl groups is 2. The number of para-hydroxylation sites is 1. The maximum absolute atomic E-state index is 14.1. The SMILES string of the molecule is COC(=O)CCCCN1C(=O)[C@@](O)([C@@H](C)/C=C/CCn2cc(C(CO)c3ccccc3)nn2)c2cc(NC(=O)Cc3c[nH]c4ccccc34)ccc21. The van der Waals surface area contributed by atoms with Gasteiger partial charge in [0.15, 0.2) is 5.60 Å². The molecule has 0 spiro atoms. The third-order valence-electron chi connectivity index (χ3n) is 9.73. The first-order chi connectivity index (χ1) is 25.2. The summed E-state index contributed by atoms with van der Waals surface area (Å²) in [5, 5.41) is 34.7. The van der Waals surface area contributed by atoms with Gasteiger partial charge in [0.1, 0.15) is 0 Å². The minimum atomic E-state index is -1.89. The third-order valence-corrected chi connectivity index (χ3v) is 9.73. The number of rotatable bonds is 16. The summed E-state index contributed by atoms with van der Waals surface area (Å²) in [6.07, 6.45) is 9.37. The van der Waals surface area contributed by atoms with Crippen LogP contribution in [0.3, 0.4) is 0 Å². The van der Waals surface area contributed by atoms with Gasteiger partial charge in [0.05, 0.1) is 37.4 Å². The summed E-state index contributed by atoms with van der Waals surface area (Å²) in [5.74, 6) is -1.91. The molecule has 52 heavy (non-hydrogen) atoms. The summed E-state index contributed by atoms with van der Waals surface area (Å²) < 4.78 is 6.46. The fourth-order valence-electron chi connectivity index (χ4n) is 6.83. The number of allylic oxidation sites excluding steroid dienone is 1. The maximum atomic E-state index is 14.1. The van der Waals surface area contributed by atoms with E-state index in [1.807, 2.05) is 79.1 Å². The predicted molar refractivity (Wildman–Crippen MR) is 198 cm³/mol. The van der Waals surface area contributed by atoms with Crippen LogP contribution in [0.2, 0.25) is 0 Å². The zero-order valence-corrected chi connectivity index (χ0v) is 29.4. The summed E-state index contributed by atoms with van der Waals surface area (Å²) in [6.45, 7) is 2.51. The number of carbonyl (C=O) groups is 3. The monoisotopic (exact) mass is 704 g/mol. The highest BCUT2D eigenvalue weighted by atomic mass is 16.5. The number of carbonyl (C=O) groups excluding carboxylic acids is 3. The van der Waals surface area contributed by atoms with E-state index >= 15 is 0 Å². The summed E-state index contributed by atoms with van der Waals surface area (Å²) in [4.78, 5) is 43.7. The Hall–Kier alpha value is -5.59. The molecule has 12 nitrogen and oxygen atoms in total. The van der Waals surface area contributed by atoms with Crippen LogP contribution in [0.5, 0.6) is 0 Å². The van der Waals surface area contributed by atoms with Crippen molar-refractivity contribution in [2.75, 3.05) is 30.5 Å². The van der Waals surface area contributed by atoms with Crippen LogP contribution >= 0.6 is 0 Å². The van der Waals surface area contributed by atoms with Gasteiger partial charge >= 0.3 is 5.97 Å². The first-order valence-corrected chi connectivity index (χ1v) is 17.6. The minimum Gasteiger partial charge on any atom is -0.469 e. The zero-order valence-electron chi connectivity index (χ0n) is 29.4. The summed E-state index contributed by atoms with van der Waals surface area (Å²) in [5.41, 5.74) is 2.98. The molecule has 0 saturated heterocycles. The lowest BCUT2D eigenvalue weighted by atomic mass is 9.82. The van der Waals surface area contributed by atoms with E-state index < -0.39 is 17.4 Å². The Kier molecular flexibility index (Phi) is 11.3. The van der Waals surface area contributed by atoms with E-state index in [-0.39, 0.29) is 37.2 Å². The highest BCUT2D eigenvalue weighted by molar-refractivity contribution is 6.08. The van der Waals surface area contributed by atoms with Crippen LogP contribution in [0.15, 0.2) is 97.3 Å². The average Bonchev–Trinajstić information content (AvgIpc) is 3.85. The Balaban J connectivity index is 1.17. The Labute approximate surface area is 302 Å². The molecule has 1 aliphatic rings. The van der Waals surface area contributed by atoms with E-state index in [4.69, 9.17) is 4.74 Å². The van der Waals surface area contributed by atoms with Crippen molar-refractivity contribution >= 4 is 40.1 Å². The topological polar surface area (TPSA) is 163 Å². The number of benzene rings is 3. The van der Waals surface area contributed by atoms with Crippen LogP contribution in [0, 0.1) is 5.92 Å². The maximum Gasteiger partial charge on any atom is 0.305 e. The molecular formula is C40H44N6O6. The van der Waals surface area contributed by atoms with E-state index in [1.165, 1.54) is 7.11 Å². The molecule has 0 bridgehead atoms.